The highest BCUT2D eigenvalue weighted by Crippen LogP contribution is 2.34. The fourth-order valence-electron chi connectivity index (χ4n) is 3.03. The van der Waals surface area contributed by atoms with E-state index in [-0.39, 0.29) is 16.2 Å². The Morgan fingerprint density at radius 2 is 1.52 bits per heavy atom. The number of carbonyl (C=O) groups is 2. The lowest BCUT2D eigenvalue weighted by Crippen LogP contribution is -2.19. The zero-order chi connectivity index (χ0) is 19.2. The summed E-state index contributed by atoms with van der Waals surface area (Å²) in [6.45, 7) is 0. The summed E-state index contributed by atoms with van der Waals surface area (Å²) in [6.07, 6.45) is 3.83. The second kappa shape index (κ2) is 6.07. The minimum absolute atomic E-state index is 0.0757. The fraction of sp³-hybridized carbons (Fsp3) is 0. The molecule has 7 heteroatoms. The van der Waals surface area contributed by atoms with Crippen LogP contribution >= 0.6 is 0 Å². The Labute approximate surface area is 155 Å². The first-order valence-electron chi connectivity index (χ1n) is 8.08. The van der Waals surface area contributed by atoms with Gasteiger partial charge in [-0.15, -0.1) is 0 Å². The highest BCUT2D eigenvalue weighted by atomic mass is 32.2. The van der Waals surface area contributed by atoms with Crippen LogP contribution in [0.3, 0.4) is 0 Å². The first-order chi connectivity index (χ1) is 12.9. The molecule has 2 N–H and O–H groups in total. The van der Waals surface area contributed by atoms with E-state index in [1.807, 2.05) is 0 Å². The van der Waals surface area contributed by atoms with Crippen molar-refractivity contribution >= 4 is 33.4 Å². The number of nitrogens with two attached hydrogens (primary N) is 1. The second-order valence-corrected chi connectivity index (χ2v) is 7.88. The molecule has 27 heavy (non-hydrogen) atoms. The molecular weight excluding hydrogens is 364 g/mol. The molecule has 3 aromatic rings. The van der Waals surface area contributed by atoms with Crippen molar-refractivity contribution in [3.05, 3.63) is 78.1 Å². The van der Waals surface area contributed by atoms with Crippen LogP contribution in [0.4, 0.5) is 5.69 Å². The quantitative estimate of drug-likeness (QED) is 0.558. The lowest BCUT2D eigenvalue weighted by atomic mass is 9.94. The van der Waals surface area contributed by atoms with Gasteiger partial charge in [0.1, 0.15) is 0 Å². The lowest BCUT2D eigenvalue weighted by molar-refractivity contribution is -0.110. The van der Waals surface area contributed by atoms with Crippen molar-refractivity contribution in [2.24, 2.45) is 0 Å². The normalized spacial score (nSPS) is 13.6. The zero-order valence-electron chi connectivity index (χ0n) is 14.0. The predicted octanol–water partition coefficient (Wildman–Crippen LogP) is 2.75. The number of carbonyl (C=O) groups excluding carboxylic acids is 2. The van der Waals surface area contributed by atoms with E-state index in [0.29, 0.717) is 16.8 Å². The maximum Gasteiger partial charge on any atom is 0.268 e. The monoisotopic (exact) mass is 378 g/mol. The number of benzene rings is 2. The third-order valence-electron chi connectivity index (χ3n) is 4.37. The molecule has 4 rings (SSSR count). The standard InChI is InChI=1S/C20H14N2O4S/c21-14-8-6-13(7-9-14)16-12-22(17-10-11-18(23)20(24)19(16)17)27(25,26)15-4-2-1-3-5-15/h1-12H,21H2. The molecule has 1 aliphatic rings. The van der Waals surface area contributed by atoms with Gasteiger partial charge < -0.3 is 5.73 Å². The van der Waals surface area contributed by atoms with Gasteiger partial charge in [-0.2, -0.15) is 0 Å². The molecule has 0 amide bonds. The summed E-state index contributed by atoms with van der Waals surface area (Å²) in [5, 5.41) is 0. The number of ketones is 2. The largest absolute Gasteiger partial charge is 0.399 e. The van der Waals surface area contributed by atoms with Crippen molar-refractivity contribution in [1.29, 1.82) is 0 Å². The van der Waals surface area contributed by atoms with E-state index in [2.05, 4.69) is 0 Å². The number of Topliss-reactive ketones (excluding diaryl/α,β-unsaturated/α-hetero) is 1. The molecule has 0 spiro atoms. The summed E-state index contributed by atoms with van der Waals surface area (Å²) in [5.41, 5.74) is 7.44. The van der Waals surface area contributed by atoms with Crippen LogP contribution in [0.15, 0.2) is 71.8 Å². The van der Waals surface area contributed by atoms with Gasteiger partial charge in [0.15, 0.2) is 0 Å². The Morgan fingerprint density at radius 1 is 0.852 bits per heavy atom. The molecule has 0 unspecified atom stereocenters. The molecule has 134 valence electrons. The summed E-state index contributed by atoms with van der Waals surface area (Å²) in [4.78, 5) is 24.5. The van der Waals surface area contributed by atoms with Gasteiger partial charge in [0.25, 0.3) is 10.0 Å². The molecule has 1 aliphatic carbocycles. The van der Waals surface area contributed by atoms with Crippen molar-refractivity contribution in [3.63, 3.8) is 0 Å². The zero-order valence-corrected chi connectivity index (χ0v) is 14.8. The van der Waals surface area contributed by atoms with Gasteiger partial charge in [-0.3, -0.25) is 9.59 Å². The molecule has 0 bridgehead atoms. The number of rotatable bonds is 3. The van der Waals surface area contributed by atoms with Gasteiger partial charge in [0.05, 0.1) is 16.2 Å². The molecule has 0 radical (unpaired) electrons. The van der Waals surface area contributed by atoms with Crippen molar-refractivity contribution in [3.8, 4) is 11.1 Å². The smallest absolute Gasteiger partial charge is 0.268 e. The third kappa shape index (κ3) is 2.69. The van der Waals surface area contributed by atoms with Crippen LogP contribution in [-0.4, -0.2) is 24.0 Å². The lowest BCUT2D eigenvalue weighted by Gasteiger charge is -2.11. The van der Waals surface area contributed by atoms with Crippen LogP contribution in [0.1, 0.15) is 16.1 Å². The summed E-state index contributed by atoms with van der Waals surface area (Å²) < 4.78 is 27.3. The van der Waals surface area contributed by atoms with Crippen LogP contribution in [-0.2, 0) is 14.8 Å². The first-order valence-corrected chi connectivity index (χ1v) is 9.52. The molecule has 6 nitrogen and oxygen atoms in total. The minimum atomic E-state index is -3.94. The molecule has 0 fully saturated rings. The molecule has 1 aromatic heterocycles. The minimum Gasteiger partial charge on any atom is -0.399 e. The Bertz CT molecular complexity index is 1200. The van der Waals surface area contributed by atoms with Gasteiger partial charge in [0, 0.05) is 17.4 Å². The SMILES string of the molecule is Nc1ccc(-c2cn(S(=O)(=O)c3ccccc3)c3c2C(=O)C(=O)C=C3)cc1. The highest BCUT2D eigenvalue weighted by molar-refractivity contribution is 7.90. The third-order valence-corrected chi connectivity index (χ3v) is 6.06. The topological polar surface area (TPSA) is 99.2 Å². The summed E-state index contributed by atoms with van der Waals surface area (Å²) in [7, 11) is -3.94. The van der Waals surface area contributed by atoms with Gasteiger partial charge >= 0.3 is 0 Å². The maximum atomic E-state index is 13.1. The van der Waals surface area contributed by atoms with Crippen LogP contribution in [0, 0.1) is 0 Å². The van der Waals surface area contributed by atoms with Gasteiger partial charge in [0.2, 0.25) is 11.6 Å². The molecule has 0 saturated heterocycles. The van der Waals surface area contributed by atoms with Crippen molar-refractivity contribution in [2.75, 3.05) is 5.73 Å². The van der Waals surface area contributed by atoms with Crippen molar-refractivity contribution in [1.82, 2.24) is 3.97 Å². The number of hydrogen-bond donors (Lipinski definition) is 1. The van der Waals surface area contributed by atoms with Crippen LogP contribution < -0.4 is 5.73 Å². The van der Waals surface area contributed by atoms with E-state index in [0.717, 1.165) is 10.0 Å². The molecule has 0 saturated carbocycles. The molecule has 0 atom stereocenters. The Balaban J connectivity index is 2.01. The number of fused-ring (bicyclic) bond motifs is 1. The average Bonchev–Trinajstić information content (AvgIpc) is 3.07. The molecular formula is C20H14N2O4S. The van der Waals surface area contributed by atoms with E-state index >= 15 is 0 Å². The number of nitrogens with zero attached hydrogens (tertiary/aromatic N) is 1. The molecule has 2 aromatic carbocycles. The highest BCUT2D eigenvalue weighted by Gasteiger charge is 2.32. The summed E-state index contributed by atoms with van der Waals surface area (Å²) >= 11 is 0. The van der Waals surface area contributed by atoms with Crippen molar-refractivity contribution in [2.45, 2.75) is 4.90 Å². The second-order valence-electron chi connectivity index (χ2n) is 6.07. The van der Waals surface area contributed by atoms with Gasteiger partial charge in [-0.25, -0.2) is 12.4 Å². The van der Waals surface area contributed by atoms with Gasteiger partial charge in [-0.05, 0) is 42.0 Å². The summed E-state index contributed by atoms with van der Waals surface area (Å²) in [6, 6.07) is 14.6. The number of allylic oxidation sites excluding steroid dienone is 1. The van der Waals surface area contributed by atoms with Crippen LogP contribution in [0.25, 0.3) is 17.2 Å². The first kappa shape index (κ1) is 17.0. The summed E-state index contributed by atoms with van der Waals surface area (Å²) in [5.74, 6) is -1.42. The molecule has 1 heterocycles. The predicted molar refractivity (Wildman–Crippen MR) is 102 cm³/mol. The average molecular weight is 378 g/mol. The fourth-order valence-corrected chi connectivity index (χ4v) is 4.42. The van der Waals surface area contributed by atoms with E-state index in [4.69, 9.17) is 5.73 Å². The number of aromatic nitrogens is 1. The Kier molecular flexibility index (Phi) is 3.82. The number of nitrogen functional groups attached to an aromatic ring is 1. The van der Waals surface area contributed by atoms with Crippen LogP contribution in [0.2, 0.25) is 0 Å². The Morgan fingerprint density at radius 3 is 2.19 bits per heavy atom. The van der Waals surface area contributed by atoms with E-state index in [9.17, 15) is 18.0 Å². The van der Waals surface area contributed by atoms with E-state index in [1.54, 1.807) is 42.5 Å². The maximum absolute atomic E-state index is 13.1. The Hall–Kier alpha value is -3.45. The number of anilines is 1. The number of hydrogen-bond acceptors (Lipinski definition) is 5. The van der Waals surface area contributed by atoms with Crippen molar-refractivity contribution < 1.29 is 18.0 Å². The van der Waals surface area contributed by atoms with E-state index in [1.165, 1.54) is 24.4 Å². The molecule has 0 aliphatic heterocycles. The van der Waals surface area contributed by atoms with Crippen LogP contribution in [0.5, 0.6) is 0 Å². The van der Waals surface area contributed by atoms with E-state index < -0.39 is 21.6 Å². The van der Waals surface area contributed by atoms with Gasteiger partial charge in [-0.1, -0.05) is 30.3 Å².